The Kier molecular flexibility index (Phi) is 5.39. The van der Waals surface area contributed by atoms with Crippen molar-refractivity contribution in [2.75, 3.05) is 13.1 Å². The second-order valence-corrected chi connectivity index (χ2v) is 10.2. The van der Waals surface area contributed by atoms with E-state index in [0.717, 1.165) is 34.9 Å². The van der Waals surface area contributed by atoms with Crippen LogP contribution in [-0.2, 0) is 16.1 Å². The first kappa shape index (κ1) is 22.5. The first-order chi connectivity index (χ1) is 17.4. The first-order valence-corrected chi connectivity index (χ1v) is 12.5. The fourth-order valence-corrected chi connectivity index (χ4v) is 5.80. The van der Waals surface area contributed by atoms with Crippen molar-refractivity contribution >= 4 is 34.5 Å². The quantitative estimate of drug-likeness (QED) is 0.557. The number of hydrogen-bond donors (Lipinski definition) is 2. The van der Waals surface area contributed by atoms with Crippen LogP contribution < -0.4 is 5.32 Å². The number of nitrogens with one attached hydrogen (secondary N) is 2. The lowest BCUT2D eigenvalue weighted by molar-refractivity contribution is -0.136. The molecular formula is C28H28N4O4. The van der Waals surface area contributed by atoms with Crippen molar-refractivity contribution in [1.82, 2.24) is 20.1 Å². The number of nitrogens with zero attached hydrogens (tertiary/aromatic N) is 2. The normalized spacial score (nSPS) is 20.7. The Morgan fingerprint density at radius 3 is 2.56 bits per heavy atom. The van der Waals surface area contributed by atoms with E-state index < -0.39 is 11.9 Å². The number of piperidine rings is 2. The topological polar surface area (TPSA) is 103 Å². The van der Waals surface area contributed by atoms with Gasteiger partial charge in [-0.05, 0) is 67.5 Å². The number of rotatable bonds is 3. The van der Waals surface area contributed by atoms with E-state index in [2.05, 4.69) is 22.4 Å². The monoisotopic (exact) mass is 484 g/mol. The molecule has 0 radical (unpaired) electrons. The number of fused-ring (bicyclic) bond motifs is 2. The molecule has 2 aromatic carbocycles. The SMILES string of the molecule is Cc1ccc2[nH]c(C(=O)N3CCC(c4ccc5c(c4)CN(C4CCC(=O)NC4=O)C5=O)CC3)cc2c1. The molecule has 8 nitrogen and oxygen atoms in total. The molecule has 2 fully saturated rings. The highest BCUT2D eigenvalue weighted by Crippen LogP contribution is 2.34. The lowest BCUT2D eigenvalue weighted by atomic mass is 9.88. The summed E-state index contributed by atoms with van der Waals surface area (Å²) < 4.78 is 0. The molecule has 4 heterocycles. The summed E-state index contributed by atoms with van der Waals surface area (Å²) in [7, 11) is 0. The van der Waals surface area contributed by atoms with E-state index in [4.69, 9.17) is 0 Å². The van der Waals surface area contributed by atoms with E-state index >= 15 is 0 Å². The van der Waals surface area contributed by atoms with Crippen LogP contribution in [0.4, 0.5) is 0 Å². The fourth-order valence-electron chi connectivity index (χ4n) is 5.80. The van der Waals surface area contributed by atoms with Crippen LogP contribution in [0.1, 0.15) is 69.1 Å². The summed E-state index contributed by atoms with van der Waals surface area (Å²) >= 11 is 0. The molecule has 4 amide bonds. The second kappa shape index (κ2) is 8.62. The van der Waals surface area contributed by atoms with Crippen molar-refractivity contribution in [2.24, 2.45) is 0 Å². The highest BCUT2D eigenvalue weighted by atomic mass is 16.2. The molecule has 36 heavy (non-hydrogen) atoms. The Labute approximate surface area is 208 Å². The van der Waals surface area contributed by atoms with E-state index in [1.54, 1.807) is 4.90 Å². The van der Waals surface area contributed by atoms with Gasteiger partial charge in [-0.2, -0.15) is 0 Å². The third kappa shape index (κ3) is 3.86. The highest BCUT2D eigenvalue weighted by molar-refractivity contribution is 6.05. The summed E-state index contributed by atoms with van der Waals surface area (Å²) in [4.78, 5) is 56.6. The van der Waals surface area contributed by atoms with Gasteiger partial charge in [0.05, 0.1) is 0 Å². The summed E-state index contributed by atoms with van der Waals surface area (Å²) in [5.41, 5.74) is 5.48. The van der Waals surface area contributed by atoms with Gasteiger partial charge in [-0.15, -0.1) is 0 Å². The fraction of sp³-hybridized carbons (Fsp3) is 0.357. The Balaban J connectivity index is 1.12. The summed E-state index contributed by atoms with van der Waals surface area (Å²) in [6.07, 6.45) is 2.32. The van der Waals surface area contributed by atoms with Crippen LogP contribution in [0.3, 0.4) is 0 Å². The van der Waals surface area contributed by atoms with Gasteiger partial charge in [0.25, 0.3) is 11.8 Å². The van der Waals surface area contributed by atoms with Crippen LogP contribution in [0.25, 0.3) is 10.9 Å². The highest BCUT2D eigenvalue weighted by Gasteiger charge is 2.39. The summed E-state index contributed by atoms with van der Waals surface area (Å²) in [6.45, 7) is 3.78. The molecule has 2 N–H and O–H groups in total. The van der Waals surface area contributed by atoms with Gasteiger partial charge in [0, 0.05) is 42.5 Å². The number of benzene rings is 2. The lowest BCUT2D eigenvalue weighted by Gasteiger charge is -2.32. The van der Waals surface area contributed by atoms with Gasteiger partial charge >= 0.3 is 0 Å². The second-order valence-electron chi connectivity index (χ2n) is 10.2. The number of H-pyrrole nitrogens is 1. The maximum absolute atomic E-state index is 13.1. The molecule has 184 valence electrons. The number of carbonyl (C=O) groups is 4. The number of aromatic nitrogens is 1. The molecule has 3 aliphatic rings. The van der Waals surface area contributed by atoms with Crippen LogP contribution in [0, 0.1) is 6.92 Å². The van der Waals surface area contributed by atoms with Crippen molar-refractivity contribution in [3.05, 3.63) is 70.4 Å². The number of amides is 4. The van der Waals surface area contributed by atoms with Crippen LogP contribution in [-0.4, -0.2) is 57.5 Å². The lowest BCUT2D eigenvalue weighted by Crippen LogP contribution is -2.52. The van der Waals surface area contributed by atoms with Gasteiger partial charge < -0.3 is 14.8 Å². The van der Waals surface area contributed by atoms with Crippen molar-refractivity contribution in [1.29, 1.82) is 0 Å². The number of aryl methyl sites for hydroxylation is 1. The predicted octanol–water partition coefficient (Wildman–Crippen LogP) is 3.26. The Hall–Kier alpha value is -3.94. The van der Waals surface area contributed by atoms with Gasteiger partial charge in [0.2, 0.25) is 11.8 Å². The molecule has 0 aliphatic carbocycles. The molecule has 1 atom stereocenters. The van der Waals surface area contributed by atoms with Crippen LogP contribution in [0.15, 0.2) is 42.5 Å². The number of imide groups is 1. The zero-order chi connectivity index (χ0) is 25.0. The van der Waals surface area contributed by atoms with Gasteiger partial charge in [-0.3, -0.25) is 24.5 Å². The van der Waals surface area contributed by atoms with Crippen LogP contribution in [0.2, 0.25) is 0 Å². The Bertz CT molecular complexity index is 1420. The molecular weight excluding hydrogens is 456 g/mol. The minimum atomic E-state index is -0.603. The average Bonchev–Trinajstić information content (AvgIpc) is 3.44. The number of carbonyl (C=O) groups excluding carboxylic acids is 4. The molecule has 3 aliphatic heterocycles. The van der Waals surface area contributed by atoms with E-state index in [0.29, 0.717) is 43.2 Å². The van der Waals surface area contributed by atoms with Crippen molar-refractivity contribution in [3.63, 3.8) is 0 Å². The molecule has 0 spiro atoms. The summed E-state index contributed by atoms with van der Waals surface area (Å²) in [6, 6.07) is 13.4. The van der Waals surface area contributed by atoms with Gasteiger partial charge in [-0.25, -0.2) is 0 Å². The number of hydrogen-bond acceptors (Lipinski definition) is 4. The zero-order valence-electron chi connectivity index (χ0n) is 20.2. The molecule has 2 saturated heterocycles. The van der Waals surface area contributed by atoms with Crippen molar-refractivity contribution in [2.45, 2.75) is 51.1 Å². The maximum Gasteiger partial charge on any atom is 0.270 e. The van der Waals surface area contributed by atoms with Crippen LogP contribution in [0.5, 0.6) is 0 Å². The van der Waals surface area contributed by atoms with Crippen LogP contribution >= 0.6 is 0 Å². The minimum Gasteiger partial charge on any atom is -0.351 e. The van der Waals surface area contributed by atoms with Crippen molar-refractivity contribution in [3.8, 4) is 0 Å². The standard InChI is InChI=1S/C28H28N4O4/c1-16-2-5-22-19(12-16)14-23(29-22)28(36)31-10-8-17(9-11-31)18-3-4-21-20(13-18)15-32(27(21)35)24-6-7-25(33)30-26(24)34/h2-5,12-14,17,24,29H,6-11,15H2,1H3,(H,30,33,34). The number of aromatic amines is 1. The Morgan fingerprint density at radius 1 is 0.972 bits per heavy atom. The van der Waals surface area contributed by atoms with E-state index in [-0.39, 0.29) is 24.1 Å². The molecule has 0 saturated carbocycles. The molecule has 6 rings (SSSR count). The smallest absolute Gasteiger partial charge is 0.270 e. The van der Waals surface area contributed by atoms with Crippen molar-refractivity contribution < 1.29 is 19.2 Å². The molecule has 1 aromatic heterocycles. The average molecular weight is 485 g/mol. The molecule has 1 unspecified atom stereocenters. The van der Waals surface area contributed by atoms with E-state index in [1.807, 2.05) is 42.2 Å². The van der Waals surface area contributed by atoms with Gasteiger partial charge in [0.1, 0.15) is 11.7 Å². The summed E-state index contributed by atoms with van der Waals surface area (Å²) in [5, 5.41) is 3.39. The van der Waals surface area contributed by atoms with E-state index in [1.165, 1.54) is 5.56 Å². The first-order valence-electron chi connectivity index (χ1n) is 12.5. The van der Waals surface area contributed by atoms with Gasteiger partial charge in [0.15, 0.2) is 0 Å². The van der Waals surface area contributed by atoms with Gasteiger partial charge in [-0.1, -0.05) is 23.8 Å². The Morgan fingerprint density at radius 2 is 1.78 bits per heavy atom. The minimum absolute atomic E-state index is 0.0294. The largest absolute Gasteiger partial charge is 0.351 e. The third-order valence-electron chi connectivity index (χ3n) is 7.81. The molecule has 0 bridgehead atoms. The third-order valence-corrected chi connectivity index (χ3v) is 7.81. The van der Waals surface area contributed by atoms with E-state index in [9.17, 15) is 19.2 Å². The molecule has 8 heteroatoms. The predicted molar refractivity (Wildman–Crippen MR) is 133 cm³/mol. The number of likely N-dealkylation sites (tertiary alicyclic amines) is 1. The maximum atomic E-state index is 13.1. The molecule has 3 aromatic rings. The zero-order valence-corrected chi connectivity index (χ0v) is 20.2. The summed E-state index contributed by atoms with van der Waals surface area (Å²) in [5.74, 6) is -0.492.